The maximum absolute atomic E-state index is 12.5. The Kier molecular flexibility index (Phi) is 2.67. The van der Waals surface area contributed by atoms with Crippen LogP contribution in [0.4, 0.5) is 5.69 Å². The zero-order chi connectivity index (χ0) is 14.7. The minimum Gasteiger partial charge on any atom is -0.397 e. The maximum Gasteiger partial charge on any atom is 0.263 e. The van der Waals surface area contributed by atoms with Gasteiger partial charge in [-0.25, -0.2) is 0 Å². The van der Waals surface area contributed by atoms with Crippen LogP contribution in [-0.2, 0) is 0 Å². The molecular weight excluding hydrogens is 268 g/mol. The first-order valence-electron chi connectivity index (χ1n) is 6.84. The van der Waals surface area contributed by atoms with Crippen molar-refractivity contribution in [2.45, 2.75) is 33.7 Å². The number of thiophene rings is 1. The third-order valence-electron chi connectivity index (χ3n) is 5.14. The normalized spacial score (nSPS) is 20.0. The first-order chi connectivity index (χ1) is 9.26. The van der Waals surface area contributed by atoms with Gasteiger partial charge in [-0.05, 0) is 16.9 Å². The van der Waals surface area contributed by atoms with Crippen molar-refractivity contribution in [2.75, 3.05) is 5.73 Å². The number of carbonyl (C=O) groups is 1. The van der Waals surface area contributed by atoms with E-state index in [1.807, 2.05) is 24.3 Å². The van der Waals surface area contributed by atoms with Crippen molar-refractivity contribution in [2.24, 2.45) is 10.8 Å². The first-order valence-corrected chi connectivity index (χ1v) is 7.66. The number of fused-ring (bicyclic) bond motifs is 1. The number of anilines is 1. The summed E-state index contributed by atoms with van der Waals surface area (Å²) in [6.45, 7) is 8.75. The maximum atomic E-state index is 12.5. The molecular formula is C16H20N2OS. The lowest BCUT2D eigenvalue weighted by Gasteiger charge is -2.06. The molecule has 3 nitrogen and oxygen atoms in total. The monoisotopic (exact) mass is 288 g/mol. The van der Waals surface area contributed by atoms with E-state index >= 15 is 0 Å². The molecule has 0 atom stereocenters. The molecule has 106 valence electrons. The summed E-state index contributed by atoms with van der Waals surface area (Å²) in [5.74, 6) is -0.0488. The summed E-state index contributed by atoms with van der Waals surface area (Å²) in [7, 11) is 0. The van der Waals surface area contributed by atoms with Crippen LogP contribution >= 0.6 is 11.3 Å². The van der Waals surface area contributed by atoms with Crippen LogP contribution in [0.3, 0.4) is 0 Å². The summed E-state index contributed by atoms with van der Waals surface area (Å²) in [6.07, 6.45) is 0. The second-order valence-electron chi connectivity index (χ2n) is 6.69. The van der Waals surface area contributed by atoms with E-state index in [0.29, 0.717) is 10.6 Å². The van der Waals surface area contributed by atoms with Gasteiger partial charge in [0.25, 0.3) is 5.91 Å². The number of benzene rings is 1. The number of hydrogen-bond acceptors (Lipinski definition) is 3. The number of nitrogens with two attached hydrogens (primary N) is 1. The van der Waals surface area contributed by atoms with E-state index < -0.39 is 0 Å². The van der Waals surface area contributed by atoms with Gasteiger partial charge in [-0.3, -0.25) is 4.79 Å². The van der Waals surface area contributed by atoms with Crippen molar-refractivity contribution in [1.82, 2.24) is 5.32 Å². The number of nitrogen functional groups attached to an aromatic ring is 1. The van der Waals surface area contributed by atoms with Gasteiger partial charge in [0.1, 0.15) is 4.88 Å². The van der Waals surface area contributed by atoms with Gasteiger partial charge >= 0.3 is 0 Å². The summed E-state index contributed by atoms with van der Waals surface area (Å²) in [6, 6.07) is 8.07. The van der Waals surface area contributed by atoms with E-state index in [9.17, 15) is 4.79 Å². The fourth-order valence-corrected chi connectivity index (χ4v) is 4.01. The lowest BCUT2D eigenvalue weighted by Crippen LogP contribution is -2.29. The zero-order valence-electron chi connectivity index (χ0n) is 12.3. The Morgan fingerprint density at radius 1 is 1.20 bits per heavy atom. The molecule has 20 heavy (non-hydrogen) atoms. The van der Waals surface area contributed by atoms with Crippen LogP contribution in [0.5, 0.6) is 0 Å². The summed E-state index contributed by atoms with van der Waals surface area (Å²) in [4.78, 5) is 13.1. The molecule has 2 aromatic rings. The number of carbonyl (C=O) groups excluding carboxylic acids is 1. The van der Waals surface area contributed by atoms with Gasteiger partial charge in [-0.2, -0.15) is 0 Å². The average molecular weight is 288 g/mol. The largest absolute Gasteiger partial charge is 0.397 e. The van der Waals surface area contributed by atoms with E-state index in [-0.39, 0.29) is 22.8 Å². The van der Waals surface area contributed by atoms with Gasteiger partial charge in [0, 0.05) is 16.1 Å². The van der Waals surface area contributed by atoms with Crippen molar-refractivity contribution in [3.8, 4) is 0 Å². The fourth-order valence-electron chi connectivity index (χ4n) is 2.99. The van der Waals surface area contributed by atoms with Crippen molar-refractivity contribution in [1.29, 1.82) is 0 Å². The summed E-state index contributed by atoms with van der Waals surface area (Å²) in [5.41, 5.74) is 6.98. The van der Waals surface area contributed by atoms with Crippen LogP contribution in [0.25, 0.3) is 10.1 Å². The third kappa shape index (κ3) is 1.67. The molecule has 3 N–H and O–H groups in total. The van der Waals surface area contributed by atoms with Gasteiger partial charge in [-0.15, -0.1) is 11.3 Å². The minimum atomic E-state index is -0.0488. The number of amides is 1. The Balaban J connectivity index is 1.89. The minimum absolute atomic E-state index is 0.0488. The van der Waals surface area contributed by atoms with Crippen LogP contribution in [0, 0.1) is 10.8 Å². The highest BCUT2D eigenvalue weighted by atomic mass is 32.1. The zero-order valence-corrected chi connectivity index (χ0v) is 13.1. The second kappa shape index (κ2) is 3.98. The summed E-state index contributed by atoms with van der Waals surface area (Å²) >= 11 is 1.47. The third-order valence-corrected chi connectivity index (χ3v) is 6.32. The number of nitrogens with one attached hydrogen (secondary N) is 1. The van der Waals surface area contributed by atoms with Crippen LogP contribution in [0.2, 0.25) is 0 Å². The van der Waals surface area contributed by atoms with E-state index in [2.05, 4.69) is 33.0 Å². The van der Waals surface area contributed by atoms with Gasteiger partial charge in [0.2, 0.25) is 0 Å². The Morgan fingerprint density at radius 2 is 1.80 bits per heavy atom. The lowest BCUT2D eigenvalue weighted by molar-refractivity contribution is 0.0948. The van der Waals surface area contributed by atoms with E-state index in [0.717, 1.165) is 10.1 Å². The average Bonchev–Trinajstić information content (AvgIpc) is 2.70. The molecule has 1 aromatic carbocycles. The smallest absolute Gasteiger partial charge is 0.263 e. The molecule has 1 aliphatic rings. The molecule has 0 radical (unpaired) electrons. The van der Waals surface area contributed by atoms with Crippen molar-refractivity contribution >= 4 is 33.0 Å². The molecule has 3 rings (SSSR count). The molecule has 0 saturated heterocycles. The van der Waals surface area contributed by atoms with Gasteiger partial charge < -0.3 is 11.1 Å². The molecule has 0 spiro atoms. The molecule has 0 bridgehead atoms. The molecule has 0 unspecified atom stereocenters. The molecule has 1 heterocycles. The lowest BCUT2D eigenvalue weighted by atomic mass is 10.0. The standard InChI is InChI=1S/C16H20N2OS/c1-15(2)14(16(15,3)4)18-13(19)12-11(17)9-7-5-6-8-10(9)20-12/h5-8,14H,17H2,1-4H3,(H,18,19). The molecule has 1 aliphatic carbocycles. The quantitative estimate of drug-likeness (QED) is 0.886. The van der Waals surface area contributed by atoms with Crippen LogP contribution in [0.1, 0.15) is 37.4 Å². The molecule has 1 aromatic heterocycles. The first kappa shape index (κ1) is 13.4. The van der Waals surface area contributed by atoms with Crippen molar-refractivity contribution < 1.29 is 4.79 Å². The van der Waals surface area contributed by atoms with E-state index in [1.54, 1.807) is 0 Å². The highest BCUT2D eigenvalue weighted by Gasteiger charge is 2.65. The van der Waals surface area contributed by atoms with Crippen LogP contribution in [0.15, 0.2) is 24.3 Å². The molecule has 0 aliphatic heterocycles. The van der Waals surface area contributed by atoms with Crippen molar-refractivity contribution in [3.05, 3.63) is 29.1 Å². The predicted octanol–water partition coefficient (Wildman–Crippen LogP) is 3.65. The van der Waals surface area contributed by atoms with E-state index in [1.165, 1.54) is 11.3 Å². The second-order valence-corrected chi connectivity index (χ2v) is 7.74. The van der Waals surface area contributed by atoms with Crippen molar-refractivity contribution in [3.63, 3.8) is 0 Å². The molecule has 1 fully saturated rings. The molecule has 4 heteroatoms. The SMILES string of the molecule is CC1(C)C(NC(=O)c2sc3ccccc3c2N)C1(C)C. The summed E-state index contributed by atoms with van der Waals surface area (Å²) in [5, 5.41) is 4.11. The van der Waals surface area contributed by atoms with Crippen LogP contribution in [-0.4, -0.2) is 11.9 Å². The Morgan fingerprint density at radius 3 is 2.35 bits per heavy atom. The highest BCUT2D eigenvalue weighted by Crippen LogP contribution is 2.62. The fraction of sp³-hybridized carbons (Fsp3) is 0.438. The topological polar surface area (TPSA) is 55.1 Å². The Bertz CT molecular complexity index is 686. The number of hydrogen-bond donors (Lipinski definition) is 2. The van der Waals surface area contributed by atoms with Crippen LogP contribution < -0.4 is 11.1 Å². The number of rotatable bonds is 2. The van der Waals surface area contributed by atoms with E-state index in [4.69, 9.17) is 5.73 Å². The van der Waals surface area contributed by atoms with Gasteiger partial charge in [0.15, 0.2) is 0 Å². The highest BCUT2D eigenvalue weighted by molar-refractivity contribution is 7.21. The Hall–Kier alpha value is -1.55. The summed E-state index contributed by atoms with van der Waals surface area (Å²) < 4.78 is 1.06. The van der Waals surface area contributed by atoms with Gasteiger partial charge in [0.05, 0.1) is 5.69 Å². The predicted molar refractivity (Wildman–Crippen MR) is 85.1 cm³/mol. The Labute approximate surface area is 123 Å². The molecule has 1 saturated carbocycles. The molecule has 1 amide bonds. The van der Waals surface area contributed by atoms with Gasteiger partial charge in [-0.1, -0.05) is 45.9 Å².